The average Bonchev–Trinajstić information content (AvgIpc) is 2.89. The lowest BCUT2D eigenvalue weighted by Gasteiger charge is -2.11. The van der Waals surface area contributed by atoms with Crippen LogP contribution in [-0.4, -0.2) is 21.7 Å². The van der Waals surface area contributed by atoms with E-state index in [1.165, 1.54) is 0 Å². The Bertz CT molecular complexity index is 510. The van der Waals surface area contributed by atoms with Crippen molar-refractivity contribution in [2.45, 2.75) is 33.2 Å². The zero-order valence-corrected chi connectivity index (χ0v) is 11.5. The van der Waals surface area contributed by atoms with Gasteiger partial charge in [0.1, 0.15) is 17.5 Å². The molecule has 0 aliphatic rings. The van der Waals surface area contributed by atoms with Gasteiger partial charge in [-0.15, -0.1) is 0 Å². The van der Waals surface area contributed by atoms with Crippen molar-refractivity contribution >= 4 is 11.6 Å². The lowest BCUT2D eigenvalue weighted by atomic mass is 10.2. The van der Waals surface area contributed by atoms with Gasteiger partial charge in [0, 0.05) is 24.6 Å². The van der Waals surface area contributed by atoms with Gasteiger partial charge in [-0.1, -0.05) is 19.0 Å². The molecule has 0 aromatic carbocycles. The fourth-order valence-electron chi connectivity index (χ4n) is 1.60. The van der Waals surface area contributed by atoms with E-state index in [0.29, 0.717) is 6.54 Å². The summed E-state index contributed by atoms with van der Waals surface area (Å²) in [5.74, 6) is 3.49. The third kappa shape index (κ3) is 3.67. The van der Waals surface area contributed by atoms with E-state index < -0.39 is 0 Å². The number of hydrogen-bond acceptors (Lipinski definition) is 6. The molecule has 2 N–H and O–H groups in total. The second kappa shape index (κ2) is 6.17. The summed E-state index contributed by atoms with van der Waals surface area (Å²) in [5.41, 5.74) is 0. The van der Waals surface area contributed by atoms with Crippen molar-refractivity contribution in [1.29, 1.82) is 0 Å². The molecule has 2 rings (SSSR count). The molecule has 0 atom stereocenters. The van der Waals surface area contributed by atoms with E-state index in [1.54, 1.807) is 6.20 Å². The summed E-state index contributed by atoms with van der Waals surface area (Å²) in [7, 11) is 0. The molecular formula is C13H19N5O. The largest absolute Gasteiger partial charge is 0.370 e. The monoisotopic (exact) mass is 261 g/mol. The Morgan fingerprint density at radius 1 is 1.21 bits per heavy atom. The average molecular weight is 261 g/mol. The van der Waals surface area contributed by atoms with E-state index in [9.17, 15) is 0 Å². The van der Waals surface area contributed by atoms with Gasteiger partial charge in [0.2, 0.25) is 0 Å². The lowest BCUT2D eigenvalue weighted by molar-refractivity contribution is 0.388. The van der Waals surface area contributed by atoms with Crippen LogP contribution < -0.4 is 10.6 Å². The Hall–Kier alpha value is -2.11. The topological polar surface area (TPSA) is 75.9 Å². The molecule has 0 aliphatic heterocycles. The number of rotatable bonds is 6. The molecule has 6 nitrogen and oxygen atoms in total. The van der Waals surface area contributed by atoms with Crippen LogP contribution in [0.5, 0.6) is 0 Å². The molecule has 0 fully saturated rings. The molecule has 0 spiro atoms. The SMILES string of the molecule is CCNc1cc(NCc2ccno2)nc(C(C)C)n1. The normalized spacial score (nSPS) is 10.7. The predicted molar refractivity (Wildman–Crippen MR) is 74.1 cm³/mol. The standard InChI is InChI=1S/C13H19N5O/c1-4-14-11-7-12(18-13(17-11)9(2)3)15-8-10-5-6-16-19-10/h5-7,9H,4,8H2,1-3H3,(H2,14,15,17,18). The molecule has 0 unspecified atom stereocenters. The summed E-state index contributed by atoms with van der Waals surface area (Å²) in [6.07, 6.45) is 1.63. The van der Waals surface area contributed by atoms with Gasteiger partial charge < -0.3 is 15.2 Å². The summed E-state index contributed by atoms with van der Waals surface area (Å²) in [6, 6.07) is 3.72. The molecule has 2 aromatic heterocycles. The first-order valence-electron chi connectivity index (χ1n) is 6.45. The van der Waals surface area contributed by atoms with Crippen molar-refractivity contribution in [1.82, 2.24) is 15.1 Å². The number of nitrogens with one attached hydrogen (secondary N) is 2. The quantitative estimate of drug-likeness (QED) is 0.832. The van der Waals surface area contributed by atoms with Gasteiger partial charge in [0.05, 0.1) is 12.7 Å². The number of aromatic nitrogens is 3. The van der Waals surface area contributed by atoms with Crippen LogP contribution in [0.2, 0.25) is 0 Å². The zero-order chi connectivity index (χ0) is 13.7. The van der Waals surface area contributed by atoms with Crippen LogP contribution in [0.15, 0.2) is 22.9 Å². The fraction of sp³-hybridized carbons (Fsp3) is 0.462. The molecule has 0 saturated carbocycles. The Kier molecular flexibility index (Phi) is 4.33. The minimum Gasteiger partial charge on any atom is -0.370 e. The molecule has 0 radical (unpaired) electrons. The highest BCUT2D eigenvalue weighted by molar-refractivity contribution is 5.47. The third-order valence-electron chi connectivity index (χ3n) is 2.55. The summed E-state index contributed by atoms with van der Waals surface area (Å²) in [5, 5.41) is 10.1. The zero-order valence-electron chi connectivity index (χ0n) is 11.5. The third-order valence-corrected chi connectivity index (χ3v) is 2.55. The van der Waals surface area contributed by atoms with Gasteiger partial charge in [0.25, 0.3) is 0 Å². The molecular weight excluding hydrogens is 242 g/mol. The second-order valence-corrected chi connectivity index (χ2v) is 4.51. The highest BCUT2D eigenvalue weighted by atomic mass is 16.5. The van der Waals surface area contributed by atoms with Crippen LogP contribution in [0.25, 0.3) is 0 Å². The van der Waals surface area contributed by atoms with E-state index in [-0.39, 0.29) is 5.92 Å². The maximum Gasteiger partial charge on any atom is 0.155 e. The van der Waals surface area contributed by atoms with Crippen LogP contribution in [0.3, 0.4) is 0 Å². The highest BCUT2D eigenvalue weighted by Gasteiger charge is 2.08. The smallest absolute Gasteiger partial charge is 0.155 e. The summed E-state index contributed by atoms with van der Waals surface area (Å²) >= 11 is 0. The molecule has 19 heavy (non-hydrogen) atoms. The molecule has 0 bridgehead atoms. The minimum absolute atomic E-state index is 0.282. The van der Waals surface area contributed by atoms with Crippen molar-refractivity contribution in [3.63, 3.8) is 0 Å². The van der Waals surface area contributed by atoms with Gasteiger partial charge in [0.15, 0.2) is 5.76 Å². The van der Waals surface area contributed by atoms with E-state index in [0.717, 1.165) is 29.8 Å². The first kappa shape index (κ1) is 13.3. The van der Waals surface area contributed by atoms with E-state index in [1.807, 2.05) is 19.1 Å². The Balaban J connectivity index is 2.13. The first-order valence-corrected chi connectivity index (χ1v) is 6.45. The number of anilines is 2. The number of nitrogens with zero attached hydrogens (tertiary/aromatic N) is 3. The molecule has 0 saturated heterocycles. The molecule has 2 aromatic rings. The van der Waals surface area contributed by atoms with Crippen LogP contribution in [0, 0.1) is 0 Å². The first-order chi connectivity index (χ1) is 9.19. The Morgan fingerprint density at radius 3 is 2.53 bits per heavy atom. The van der Waals surface area contributed by atoms with Crippen LogP contribution in [0.4, 0.5) is 11.6 Å². The summed E-state index contributed by atoms with van der Waals surface area (Å²) in [6.45, 7) is 7.57. The molecule has 2 heterocycles. The molecule has 0 amide bonds. The highest BCUT2D eigenvalue weighted by Crippen LogP contribution is 2.17. The molecule has 6 heteroatoms. The molecule has 102 valence electrons. The van der Waals surface area contributed by atoms with Crippen molar-refractivity contribution in [2.24, 2.45) is 0 Å². The summed E-state index contributed by atoms with van der Waals surface area (Å²) < 4.78 is 5.04. The fourth-order valence-corrected chi connectivity index (χ4v) is 1.60. The van der Waals surface area contributed by atoms with Gasteiger partial charge >= 0.3 is 0 Å². The van der Waals surface area contributed by atoms with Gasteiger partial charge in [-0.05, 0) is 6.92 Å². The van der Waals surface area contributed by atoms with Crippen molar-refractivity contribution < 1.29 is 4.52 Å². The van der Waals surface area contributed by atoms with Crippen molar-refractivity contribution in [3.05, 3.63) is 29.9 Å². The van der Waals surface area contributed by atoms with Gasteiger partial charge in [-0.3, -0.25) is 0 Å². The van der Waals surface area contributed by atoms with Gasteiger partial charge in [-0.2, -0.15) is 0 Å². The lowest BCUT2D eigenvalue weighted by Crippen LogP contribution is -2.08. The van der Waals surface area contributed by atoms with Crippen molar-refractivity contribution in [3.8, 4) is 0 Å². The predicted octanol–water partition coefficient (Wildman–Crippen LogP) is 2.63. The Labute approximate surface area is 112 Å². The van der Waals surface area contributed by atoms with Crippen LogP contribution in [-0.2, 0) is 6.54 Å². The molecule has 0 aliphatic carbocycles. The van der Waals surface area contributed by atoms with E-state index in [2.05, 4.69) is 39.6 Å². The maximum absolute atomic E-state index is 5.04. The Morgan fingerprint density at radius 2 is 1.95 bits per heavy atom. The number of hydrogen-bond donors (Lipinski definition) is 2. The minimum atomic E-state index is 0.282. The van der Waals surface area contributed by atoms with Crippen molar-refractivity contribution in [2.75, 3.05) is 17.2 Å². The van der Waals surface area contributed by atoms with Crippen LogP contribution in [0.1, 0.15) is 38.3 Å². The second-order valence-electron chi connectivity index (χ2n) is 4.51. The summed E-state index contributed by atoms with van der Waals surface area (Å²) in [4.78, 5) is 8.96. The van der Waals surface area contributed by atoms with E-state index in [4.69, 9.17) is 4.52 Å². The van der Waals surface area contributed by atoms with E-state index >= 15 is 0 Å². The van der Waals surface area contributed by atoms with Gasteiger partial charge in [-0.25, -0.2) is 9.97 Å². The maximum atomic E-state index is 5.04. The van der Waals surface area contributed by atoms with Crippen LogP contribution >= 0.6 is 0 Å².